The predicted molar refractivity (Wildman–Crippen MR) is 144 cm³/mol. The van der Waals surface area contributed by atoms with Gasteiger partial charge in [0.25, 0.3) is 5.56 Å². The third-order valence-corrected chi connectivity index (χ3v) is 6.83. The van der Waals surface area contributed by atoms with Gasteiger partial charge in [0.15, 0.2) is 5.69 Å². The zero-order chi connectivity index (χ0) is 26.6. The van der Waals surface area contributed by atoms with Crippen molar-refractivity contribution in [2.75, 3.05) is 11.9 Å². The van der Waals surface area contributed by atoms with Crippen molar-refractivity contribution >= 4 is 39.0 Å². The molecule has 0 unspecified atom stereocenters. The van der Waals surface area contributed by atoms with Crippen molar-refractivity contribution in [3.63, 3.8) is 0 Å². The number of halogens is 1. The van der Waals surface area contributed by atoms with E-state index in [0.717, 1.165) is 33.2 Å². The molecule has 1 N–H and O–H groups in total. The predicted octanol–water partition coefficient (Wildman–Crippen LogP) is 5.53. The molecule has 0 atom stereocenters. The second kappa shape index (κ2) is 10.8. The molecule has 0 saturated carbocycles. The topological polar surface area (TPSA) is 90.3 Å². The van der Waals surface area contributed by atoms with Crippen LogP contribution in [0.1, 0.15) is 34.5 Å². The smallest absolute Gasteiger partial charge is 0.359 e. The minimum absolute atomic E-state index is 0.0885. The van der Waals surface area contributed by atoms with Gasteiger partial charge in [-0.3, -0.25) is 9.59 Å². The molecular weight excluding hydrogens is 505 g/mol. The Morgan fingerprint density at radius 2 is 1.66 bits per heavy atom. The standard InChI is InChI=1S/C29H22FN3O4S/c1-2-37-29(36)25-22-17-38-27(24(22)28(35)33(32-25)21-15-9-14-20(30)16-21)31-26(34)23(18-10-5-3-6-11-18)19-12-7-4-8-13-19/h3-17,23H,2H2,1H3,(H,31,34). The number of carbonyl (C=O) groups excluding carboxylic acids is 2. The van der Waals surface area contributed by atoms with Gasteiger partial charge >= 0.3 is 5.97 Å². The summed E-state index contributed by atoms with van der Waals surface area (Å²) in [5.41, 5.74) is 0.986. The Hall–Kier alpha value is -4.63. The molecular formula is C29H22FN3O4S. The van der Waals surface area contributed by atoms with Crippen LogP contribution in [0.25, 0.3) is 16.5 Å². The number of benzene rings is 3. The molecule has 0 saturated heterocycles. The van der Waals surface area contributed by atoms with Crippen molar-refractivity contribution in [1.29, 1.82) is 0 Å². The van der Waals surface area contributed by atoms with Gasteiger partial charge in [-0.1, -0.05) is 66.7 Å². The van der Waals surface area contributed by atoms with E-state index in [-0.39, 0.29) is 39.7 Å². The molecule has 0 fully saturated rings. The van der Waals surface area contributed by atoms with Gasteiger partial charge in [0.2, 0.25) is 5.91 Å². The van der Waals surface area contributed by atoms with Crippen molar-refractivity contribution in [3.8, 4) is 5.69 Å². The van der Waals surface area contributed by atoms with E-state index >= 15 is 0 Å². The molecule has 0 spiro atoms. The largest absolute Gasteiger partial charge is 0.461 e. The first-order valence-electron chi connectivity index (χ1n) is 11.9. The number of esters is 1. The van der Waals surface area contributed by atoms with Gasteiger partial charge in [-0.2, -0.15) is 9.78 Å². The summed E-state index contributed by atoms with van der Waals surface area (Å²) in [5.74, 6) is -2.30. The lowest BCUT2D eigenvalue weighted by atomic mass is 9.90. The van der Waals surface area contributed by atoms with Crippen LogP contribution in [0.15, 0.2) is 95.1 Å². The lowest BCUT2D eigenvalue weighted by Crippen LogP contribution is -2.26. The Kier molecular flexibility index (Phi) is 7.10. The monoisotopic (exact) mass is 527 g/mol. The average molecular weight is 528 g/mol. The van der Waals surface area contributed by atoms with E-state index in [1.54, 1.807) is 12.3 Å². The molecule has 5 rings (SSSR count). The summed E-state index contributed by atoms with van der Waals surface area (Å²) in [6.07, 6.45) is 0. The van der Waals surface area contributed by atoms with Gasteiger partial charge in [0.1, 0.15) is 10.8 Å². The van der Waals surface area contributed by atoms with Gasteiger partial charge in [0.05, 0.1) is 23.6 Å². The SMILES string of the molecule is CCOC(=O)c1nn(-c2cccc(F)c2)c(=O)c2c(NC(=O)C(c3ccccc3)c3ccccc3)scc12. The van der Waals surface area contributed by atoms with Crippen LogP contribution in [0.3, 0.4) is 0 Å². The highest BCUT2D eigenvalue weighted by Crippen LogP contribution is 2.33. The van der Waals surface area contributed by atoms with Crippen molar-refractivity contribution in [3.05, 3.63) is 123 Å². The highest BCUT2D eigenvalue weighted by atomic mass is 32.1. The quantitative estimate of drug-likeness (QED) is 0.281. The second-order valence-corrected chi connectivity index (χ2v) is 9.24. The van der Waals surface area contributed by atoms with E-state index in [4.69, 9.17) is 4.74 Å². The normalized spacial score (nSPS) is 11.0. The van der Waals surface area contributed by atoms with Crippen LogP contribution in [0, 0.1) is 5.82 Å². The number of rotatable bonds is 7. The number of nitrogens with zero attached hydrogens (tertiary/aromatic N) is 2. The second-order valence-electron chi connectivity index (χ2n) is 8.36. The number of nitrogens with one attached hydrogen (secondary N) is 1. The maximum absolute atomic E-state index is 14.0. The fraction of sp³-hybridized carbons (Fsp3) is 0.103. The van der Waals surface area contributed by atoms with E-state index in [2.05, 4.69) is 10.4 Å². The molecule has 0 radical (unpaired) electrons. The van der Waals surface area contributed by atoms with Crippen LogP contribution in [-0.4, -0.2) is 28.3 Å². The molecule has 0 aliphatic rings. The number of anilines is 1. The minimum Gasteiger partial charge on any atom is -0.461 e. The Bertz CT molecular complexity index is 1640. The van der Waals surface area contributed by atoms with Crippen molar-refractivity contribution in [2.24, 2.45) is 0 Å². The molecule has 1 amide bonds. The average Bonchev–Trinajstić information content (AvgIpc) is 3.34. The van der Waals surface area contributed by atoms with Crippen molar-refractivity contribution in [1.82, 2.24) is 9.78 Å². The van der Waals surface area contributed by atoms with Crippen LogP contribution in [-0.2, 0) is 9.53 Å². The van der Waals surface area contributed by atoms with Crippen molar-refractivity contribution in [2.45, 2.75) is 12.8 Å². The summed E-state index contributed by atoms with van der Waals surface area (Å²) in [6.45, 7) is 1.76. The van der Waals surface area contributed by atoms with E-state index in [9.17, 15) is 18.8 Å². The summed E-state index contributed by atoms with van der Waals surface area (Å²) in [4.78, 5) is 40.1. The van der Waals surface area contributed by atoms with Crippen LogP contribution >= 0.6 is 11.3 Å². The van der Waals surface area contributed by atoms with E-state index in [0.29, 0.717) is 0 Å². The van der Waals surface area contributed by atoms with Crippen molar-refractivity contribution < 1.29 is 18.7 Å². The van der Waals surface area contributed by atoms with Gasteiger partial charge in [-0.05, 0) is 36.2 Å². The Balaban J connectivity index is 1.65. The number of hydrogen-bond donors (Lipinski definition) is 1. The number of thiophene rings is 1. The summed E-state index contributed by atoms with van der Waals surface area (Å²) in [7, 11) is 0. The first-order valence-corrected chi connectivity index (χ1v) is 12.7. The fourth-order valence-electron chi connectivity index (χ4n) is 4.25. The minimum atomic E-state index is -0.732. The zero-order valence-electron chi connectivity index (χ0n) is 20.3. The van der Waals surface area contributed by atoms with Crippen LogP contribution in [0.2, 0.25) is 0 Å². The molecule has 0 aliphatic carbocycles. The number of aromatic nitrogens is 2. The summed E-state index contributed by atoms with van der Waals surface area (Å²) < 4.78 is 20.1. The van der Waals surface area contributed by atoms with Crippen LogP contribution < -0.4 is 10.9 Å². The number of ether oxygens (including phenoxy) is 1. The van der Waals surface area contributed by atoms with Gasteiger partial charge in [0, 0.05) is 10.8 Å². The van der Waals surface area contributed by atoms with E-state index in [1.807, 2.05) is 60.7 Å². The maximum Gasteiger partial charge on any atom is 0.359 e. The molecule has 3 aromatic carbocycles. The maximum atomic E-state index is 14.0. The highest BCUT2D eigenvalue weighted by molar-refractivity contribution is 7.16. The molecule has 9 heteroatoms. The Morgan fingerprint density at radius 3 is 2.26 bits per heavy atom. The molecule has 5 aromatic rings. The fourth-order valence-corrected chi connectivity index (χ4v) is 5.18. The molecule has 190 valence electrons. The number of amides is 1. The molecule has 2 aromatic heterocycles. The number of fused-ring (bicyclic) bond motifs is 1. The first kappa shape index (κ1) is 25.0. The molecule has 38 heavy (non-hydrogen) atoms. The van der Waals surface area contributed by atoms with Gasteiger partial charge < -0.3 is 10.1 Å². The third-order valence-electron chi connectivity index (χ3n) is 5.94. The molecule has 0 aliphatic heterocycles. The first-order chi connectivity index (χ1) is 18.5. The Morgan fingerprint density at radius 1 is 1.00 bits per heavy atom. The lowest BCUT2D eigenvalue weighted by Gasteiger charge is -2.17. The number of carbonyl (C=O) groups is 2. The third kappa shape index (κ3) is 4.83. The van der Waals surface area contributed by atoms with Crippen LogP contribution in [0.5, 0.6) is 0 Å². The highest BCUT2D eigenvalue weighted by Gasteiger charge is 2.27. The van der Waals surface area contributed by atoms with E-state index < -0.39 is 23.3 Å². The summed E-state index contributed by atoms with van der Waals surface area (Å²) in [5, 5.41) is 9.29. The lowest BCUT2D eigenvalue weighted by molar-refractivity contribution is -0.116. The summed E-state index contributed by atoms with van der Waals surface area (Å²) >= 11 is 1.10. The number of hydrogen-bond acceptors (Lipinski definition) is 6. The molecule has 2 heterocycles. The van der Waals surface area contributed by atoms with E-state index in [1.165, 1.54) is 18.2 Å². The molecule has 0 bridgehead atoms. The van der Waals surface area contributed by atoms with Gasteiger partial charge in [-0.25, -0.2) is 9.18 Å². The molecule has 7 nitrogen and oxygen atoms in total. The van der Waals surface area contributed by atoms with Gasteiger partial charge in [-0.15, -0.1) is 11.3 Å². The zero-order valence-corrected chi connectivity index (χ0v) is 21.1. The summed E-state index contributed by atoms with van der Waals surface area (Å²) in [6, 6.07) is 23.9. The van der Waals surface area contributed by atoms with Crippen LogP contribution in [0.4, 0.5) is 9.39 Å². The Labute approximate surface area is 221 Å².